The molecule has 0 aliphatic rings. The summed E-state index contributed by atoms with van der Waals surface area (Å²) in [4.78, 5) is 15.4. The minimum absolute atomic E-state index is 0.182. The molecule has 2 aromatic carbocycles. The van der Waals surface area contributed by atoms with E-state index in [1.54, 1.807) is 6.21 Å². The standard InChI is InChI=1S/C20H22N4O/c1-13-7-6-8-14(2)19(13)23-15(3)20(25)24-22-12-16-11-21-18-10-5-4-9-17(16)18/h4-12,15,21,23H,1-3H3,(H,24,25). The van der Waals surface area contributed by atoms with Crippen LogP contribution in [-0.2, 0) is 4.79 Å². The van der Waals surface area contributed by atoms with Gasteiger partial charge in [0, 0.05) is 28.4 Å². The highest BCUT2D eigenvalue weighted by Gasteiger charge is 2.14. The van der Waals surface area contributed by atoms with Crippen LogP contribution in [0, 0.1) is 13.8 Å². The number of hydrogen-bond donors (Lipinski definition) is 3. The van der Waals surface area contributed by atoms with Gasteiger partial charge in [-0.15, -0.1) is 0 Å². The van der Waals surface area contributed by atoms with Gasteiger partial charge in [-0.3, -0.25) is 4.79 Å². The summed E-state index contributed by atoms with van der Waals surface area (Å²) in [6.45, 7) is 5.87. The van der Waals surface area contributed by atoms with Crippen molar-refractivity contribution in [2.45, 2.75) is 26.8 Å². The van der Waals surface area contributed by atoms with Crippen LogP contribution in [0.15, 0.2) is 53.8 Å². The third kappa shape index (κ3) is 3.71. The Balaban J connectivity index is 1.64. The fourth-order valence-corrected chi connectivity index (χ4v) is 2.79. The predicted molar refractivity (Wildman–Crippen MR) is 103 cm³/mol. The summed E-state index contributed by atoms with van der Waals surface area (Å²) in [7, 11) is 0. The smallest absolute Gasteiger partial charge is 0.262 e. The molecular formula is C20H22N4O. The quantitative estimate of drug-likeness (QED) is 0.491. The van der Waals surface area contributed by atoms with Gasteiger partial charge in [0.15, 0.2) is 0 Å². The normalized spacial score (nSPS) is 12.4. The van der Waals surface area contributed by atoms with Crippen LogP contribution in [0.3, 0.4) is 0 Å². The molecule has 0 saturated carbocycles. The van der Waals surface area contributed by atoms with E-state index in [1.807, 2.05) is 69.4 Å². The van der Waals surface area contributed by atoms with E-state index in [1.165, 1.54) is 0 Å². The van der Waals surface area contributed by atoms with Crippen molar-refractivity contribution in [2.24, 2.45) is 5.10 Å². The van der Waals surface area contributed by atoms with Gasteiger partial charge in [0.2, 0.25) is 0 Å². The van der Waals surface area contributed by atoms with Gasteiger partial charge in [-0.1, -0.05) is 36.4 Å². The van der Waals surface area contributed by atoms with Gasteiger partial charge in [-0.2, -0.15) is 5.10 Å². The second-order valence-corrected chi connectivity index (χ2v) is 6.16. The van der Waals surface area contributed by atoms with Crippen LogP contribution in [0.25, 0.3) is 10.9 Å². The number of anilines is 1. The lowest BCUT2D eigenvalue weighted by Crippen LogP contribution is -2.35. The number of amides is 1. The fraction of sp³-hybridized carbons (Fsp3) is 0.200. The highest BCUT2D eigenvalue weighted by Crippen LogP contribution is 2.20. The minimum atomic E-state index is -0.389. The van der Waals surface area contributed by atoms with Crippen molar-refractivity contribution in [2.75, 3.05) is 5.32 Å². The van der Waals surface area contributed by atoms with Crippen molar-refractivity contribution in [1.29, 1.82) is 0 Å². The number of hydrazone groups is 1. The summed E-state index contributed by atoms with van der Waals surface area (Å²) >= 11 is 0. The molecule has 0 bridgehead atoms. The maximum absolute atomic E-state index is 12.3. The molecule has 5 heteroatoms. The Hall–Kier alpha value is -3.08. The molecule has 3 rings (SSSR count). The van der Waals surface area contributed by atoms with E-state index in [0.29, 0.717) is 0 Å². The Morgan fingerprint density at radius 1 is 1.12 bits per heavy atom. The van der Waals surface area contributed by atoms with Crippen molar-refractivity contribution in [3.8, 4) is 0 Å². The summed E-state index contributed by atoms with van der Waals surface area (Å²) in [6.07, 6.45) is 3.53. The number of aromatic nitrogens is 1. The van der Waals surface area contributed by atoms with Crippen LogP contribution in [-0.4, -0.2) is 23.1 Å². The zero-order valence-corrected chi connectivity index (χ0v) is 14.6. The number of nitrogens with one attached hydrogen (secondary N) is 3. The molecule has 5 nitrogen and oxygen atoms in total. The van der Waals surface area contributed by atoms with Gasteiger partial charge >= 0.3 is 0 Å². The summed E-state index contributed by atoms with van der Waals surface area (Å²) in [5, 5.41) is 8.42. The van der Waals surface area contributed by atoms with Gasteiger partial charge in [0.1, 0.15) is 6.04 Å². The molecule has 0 aliphatic carbocycles. The lowest BCUT2D eigenvalue weighted by atomic mass is 10.1. The molecule has 1 unspecified atom stereocenters. The summed E-state index contributed by atoms with van der Waals surface area (Å²) in [6, 6.07) is 13.6. The summed E-state index contributed by atoms with van der Waals surface area (Å²) in [5.41, 5.74) is 7.79. The number of carbonyl (C=O) groups excluding carboxylic acids is 1. The number of nitrogens with zero attached hydrogens (tertiary/aromatic N) is 1. The lowest BCUT2D eigenvalue weighted by molar-refractivity contribution is -0.121. The molecule has 3 aromatic rings. The maximum Gasteiger partial charge on any atom is 0.262 e. The molecule has 1 amide bonds. The molecule has 0 aliphatic heterocycles. The largest absolute Gasteiger partial charge is 0.373 e. The van der Waals surface area contributed by atoms with E-state index in [2.05, 4.69) is 20.8 Å². The average molecular weight is 334 g/mol. The Bertz CT molecular complexity index is 906. The summed E-state index contributed by atoms with van der Waals surface area (Å²) < 4.78 is 0. The number of rotatable bonds is 5. The number of benzene rings is 2. The maximum atomic E-state index is 12.3. The highest BCUT2D eigenvalue weighted by atomic mass is 16.2. The Kier molecular flexibility index (Phi) is 4.84. The Morgan fingerprint density at radius 2 is 1.84 bits per heavy atom. The van der Waals surface area contributed by atoms with E-state index >= 15 is 0 Å². The number of carbonyl (C=O) groups is 1. The van der Waals surface area contributed by atoms with Crippen molar-refractivity contribution >= 4 is 28.7 Å². The monoisotopic (exact) mass is 334 g/mol. The number of para-hydroxylation sites is 2. The molecule has 128 valence electrons. The van der Waals surface area contributed by atoms with Crippen molar-refractivity contribution in [3.05, 3.63) is 65.4 Å². The predicted octanol–water partition coefficient (Wildman–Crippen LogP) is 3.74. The Labute approximate surface area is 147 Å². The first kappa shape index (κ1) is 16.8. The molecule has 0 radical (unpaired) electrons. The van der Waals surface area contributed by atoms with E-state index in [4.69, 9.17) is 0 Å². The average Bonchev–Trinajstić information content (AvgIpc) is 3.01. The van der Waals surface area contributed by atoms with Gasteiger partial charge in [-0.05, 0) is 38.0 Å². The first-order valence-electron chi connectivity index (χ1n) is 8.28. The zero-order chi connectivity index (χ0) is 17.8. The van der Waals surface area contributed by atoms with Crippen LogP contribution in [0.2, 0.25) is 0 Å². The van der Waals surface area contributed by atoms with E-state index in [9.17, 15) is 4.79 Å². The summed E-state index contributed by atoms with van der Waals surface area (Å²) in [5.74, 6) is -0.182. The minimum Gasteiger partial charge on any atom is -0.373 e. The molecule has 3 N–H and O–H groups in total. The van der Waals surface area contributed by atoms with Gasteiger partial charge in [0.05, 0.1) is 6.21 Å². The van der Waals surface area contributed by atoms with Crippen LogP contribution in [0.1, 0.15) is 23.6 Å². The van der Waals surface area contributed by atoms with E-state index in [0.717, 1.165) is 33.3 Å². The third-order valence-electron chi connectivity index (χ3n) is 4.23. The molecule has 0 saturated heterocycles. The lowest BCUT2D eigenvalue weighted by Gasteiger charge is -2.17. The van der Waals surface area contributed by atoms with Crippen LogP contribution < -0.4 is 10.7 Å². The third-order valence-corrected chi connectivity index (χ3v) is 4.23. The van der Waals surface area contributed by atoms with Crippen molar-refractivity contribution in [3.63, 3.8) is 0 Å². The van der Waals surface area contributed by atoms with Gasteiger partial charge < -0.3 is 10.3 Å². The fourth-order valence-electron chi connectivity index (χ4n) is 2.79. The van der Waals surface area contributed by atoms with Gasteiger partial charge in [0.25, 0.3) is 5.91 Å². The van der Waals surface area contributed by atoms with E-state index in [-0.39, 0.29) is 11.9 Å². The second kappa shape index (κ2) is 7.21. The highest BCUT2D eigenvalue weighted by molar-refractivity contribution is 5.99. The van der Waals surface area contributed by atoms with Gasteiger partial charge in [-0.25, -0.2) is 5.43 Å². The zero-order valence-electron chi connectivity index (χ0n) is 14.6. The number of H-pyrrole nitrogens is 1. The van der Waals surface area contributed by atoms with Crippen LogP contribution in [0.5, 0.6) is 0 Å². The molecule has 0 fully saturated rings. The molecule has 25 heavy (non-hydrogen) atoms. The number of hydrogen-bond acceptors (Lipinski definition) is 3. The molecule has 1 heterocycles. The number of aromatic amines is 1. The van der Waals surface area contributed by atoms with E-state index < -0.39 is 0 Å². The van der Waals surface area contributed by atoms with Crippen LogP contribution >= 0.6 is 0 Å². The topological polar surface area (TPSA) is 69.3 Å². The first-order valence-corrected chi connectivity index (χ1v) is 8.28. The van der Waals surface area contributed by atoms with Crippen LogP contribution in [0.4, 0.5) is 5.69 Å². The second-order valence-electron chi connectivity index (χ2n) is 6.16. The SMILES string of the molecule is Cc1cccc(C)c1NC(C)C(=O)NN=Cc1c[nH]c2ccccc12. The Morgan fingerprint density at radius 3 is 2.60 bits per heavy atom. The molecule has 0 spiro atoms. The van der Waals surface area contributed by atoms with Crippen molar-refractivity contribution < 1.29 is 4.79 Å². The molecule has 1 aromatic heterocycles. The van der Waals surface area contributed by atoms with Crippen molar-refractivity contribution in [1.82, 2.24) is 10.4 Å². The molecule has 1 atom stereocenters. The molecular weight excluding hydrogens is 312 g/mol. The first-order chi connectivity index (χ1) is 12.1. The number of aryl methyl sites for hydroxylation is 2. The number of fused-ring (bicyclic) bond motifs is 1.